The number of nitrogens with zero attached hydrogens (tertiary/aromatic N) is 1. The van der Waals surface area contributed by atoms with Gasteiger partial charge in [0.25, 0.3) is 0 Å². The van der Waals surface area contributed by atoms with Crippen LogP contribution in [-0.2, 0) is 0 Å². The molecule has 0 bridgehead atoms. The number of pyridine rings is 1. The van der Waals surface area contributed by atoms with Gasteiger partial charge in [-0.15, -0.1) is 11.3 Å². The van der Waals surface area contributed by atoms with Gasteiger partial charge in [0, 0.05) is 17.0 Å². The minimum absolute atomic E-state index is 1.07. The zero-order valence-electron chi connectivity index (χ0n) is 4.66. The van der Waals surface area contributed by atoms with Crippen molar-refractivity contribution in [3.8, 4) is 0 Å². The Bertz CT molecular complexity index is 283. The summed E-state index contributed by atoms with van der Waals surface area (Å²) >= 11 is 1.55. The van der Waals surface area contributed by atoms with Gasteiger partial charge in [0.2, 0.25) is 0 Å². The van der Waals surface area contributed by atoms with Gasteiger partial charge in [-0.2, -0.15) is 0 Å². The highest BCUT2D eigenvalue weighted by Crippen LogP contribution is 2.15. The van der Waals surface area contributed by atoms with E-state index in [1.807, 2.05) is 18.2 Å². The third kappa shape index (κ3) is 0.715. The second-order valence-corrected chi connectivity index (χ2v) is 2.59. The Labute approximate surface area is 57.0 Å². The Balaban J connectivity index is 2.95. The number of hydrogen-bond donors (Lipinski definition) is 0. The molecule has 0 spiro atoms. The molecule has 0 aliphatic rings. The van der Waals surface area contributed by atoms with Gasteiger partial charge in [-0.05, 0) is 12.1 Å². The van der Waals surface area contributed by atoms with Crippen LogP contribution in [0.5, 0.6) is 0 Å². The number of rotatable bonds is 0. The maximum absolute atomic E-state index is 4.13. The smallest absolute Gasteiger partial charge is 0.123 e. The summed E-state index contributed by atoms with van der Waals surface area (Å²) in [6, 6.07) is 5.92. The van der Waals surface area contributed by atoms with Gasteiger partial charge in [0.15, 0.2) is 0 Å². The largest absolute Gasteiger partial charge is 0.245 e. The highest BCUT2D eigenvalue weighted by molar-refractivity contribution is 7.16. The lowest BCUT2D eigenvalue weighted by Crippen LogP contribution is -1.65. The minimum Gasteiger partial charge on any atom is -0.245 e. The molecule has 0 aliphatic carbocycles. The molecule has 0 saturated carbocycles. The van der Waals surface area contributed by atoms with Gasteiger partial charge >= 0.3 is 0 Å². The summed E-state index contributed by atoms with van der Waals surface area (Å²) in [4.78, 5) is 5.20. The monoisotopic (exact) mass is 134 g/mol. The van der Waals surface area contributed by atoms with Gasteiger partial charge in [-0.3, -0.25) is 0 Å². The summed E-state index contributed by atoms with van der Waals surface area (Å²) in [5.74, 6) is 0. The number of aromatic nitrogens is 1. The quantitative estimate of drug-likeness (QED) is 0.537. The predicted octanol–water partition coefficient (Wildman–Crippen LogP) is 2.10. The summed E-state index contributed by atoms with van der Waals surface area (Å²) in [5, 5.41) is 4.20. The van der Waals surface area contributed by atoms with Gasteiger partial charge in [-0.25, -0.2) is 4.98 Å². The molecule has 2 heterocycles. The first-order valence-electron chi connectivity index (χ1n) is 2.67. The number of hydrogen-bond acceptors (Lipinski definition) is 2. The molecular weight excluding hydrogens is 130 g/mol. The Morgan fingerprint density at radius 2 is 2.56 bits per heavy atom. The van der Waals surface area contributed by atoms with Crippen molar-refractivity contribution < 1.29 is 0 Å². The summed E-state index contributed by atoms with van der Waals surface area (Å²) < 4.78 is 0. The lowest BCUT2D eigenvalue weighted by atomic mass is 10.4. The zero-order valence-corrected chi connectivity index (χ0v) is 5.48. The van der Waals surface area contributed by atoms with Crippen molar-refractivity contribution in [2.45, 2.75) is 0 Å². The van der Waals surface area contributed by atoms with E-state index in [1.54, 1.807) is 17.5 Å². The van der Waals surface area contributed by atoms with E-state index in [1.165, 1.54) is 5.39 Å². The Kier molecular flexibility index (Phi) is 0.993. The molecule has 0 amide bonds. The third-order valence-corrected chi connectivity index (χ3v) is 1.94. The van der Waals surface area contributed by atoms with Crippen LogP contribution >= 0.6 is 11.3 Å². The van der Waals surface area contributed by atoms with Crippen molar-refractivity contribution in [2.75, 3.05) is 0 Å². The van der Waals surface area contributed by atoms with E-state index in [4.69, 9.17) is 0 Å². The average molecular weight is 134 g/mol. The van der Waals surface area contributed by atoms with Crippen molar-refractivity contribution in [3.05, 3.63) is 29.8 Å². The molecule has 1 nitrogen and oxygen atoms in total. The van der Waals surface area contributed by atoms with Crippen molar-refractivity contribution in [1.82, 2.24) is 4.98 Å². The molecule has 0 saturated heterocycles. The molecular formula is C7H4NS. The van der Waals surface area contributed by atoms with Crippen molar-refractivity contribution in [2.24, 2.45) is 0 Å². The fourth-order valence-electron chi connectivity index (χ4n) is 0.747. The van der Waals surface area contributed by atoms with E-state index in [0.29, 0.717) is 0 Å². The summed E-state index contributed by atoms with van der Waals surface area (Å²) in [6.45, 7) is 0. The van der Waals surface area contributed by atoms with Crippen LogP contribution in [0.1, 0.15) is 0 Å². The normalized spacial score (nSPS) is 10.2. The molecule has 1 radical (unpaired) electrons. The van der Waals surface area contributed by atoms with Crippen LogP contribution < -0.4 is 0 Å². The van der Waals surface area contributed by atoms with E-state index in [2.05, 4.69) is 10.4 Å². The second-order valence-electron chi connectivity index (χ2n) is 1.76. The first kappa shape index (κ1) is 4.94. The van der Waals surface area contributed by atoms with Gasteiger partial charge in [-0.1, -0.05) is 6.07 Å². The lowest BCUT2D eigenvalue weighted by Gasteiger charge is -1.81. The average Bonchev–Trinajstić information content (AvgIpc) is 2.33. The third-order valence-electron chi connectivity index (χ3n) is 1.17. The van der Waals surface area contributed by atoms with E-state index in [9.17, 15) is 0 Å². The predicted molar refractivity (Wildman–Crippen MR) is 38.5 cm³/mol. The van der Waals surface area contributed by atoms with E-state index < -0.39 is 0 Å². The summed E-state index contributed by atoms with van der Waals surface area (Å²) in [6.07, 6.45) is 1.80. The molecule has 0 aliphatic heterocycles. The maximum atomic E-state index is 4.13. The van der Waals surface area contributed by atoms with Crippen LogP contribution in [-0.4, -0.2) is 4.98 Å². The Morgan fingerprint density at radius 1 is 1.56 bits per heavy atom. The van der Waals surface area contributed by atoms with Crippen molar-refractivity contribution in [3.63, 3.8) is 0 Å². The molecule has 0 atom stereocenters. The van der Waals surface area contributed by atoms with E-state index in [-0.39, 0.29) is 0 Å². The first-order valence-corrected chi connectivity index (χ1v) is 3.49. The van der Waals surface area contributed by atoms with Crippen LogP contribution in [0.2, 0.25) is 0 Å². The van der Waals surface area contributed by atoms with Crippen molar-refractivity contribution >= 4 is 21.6 Å². The molecule has 0 aromatic carbocycles. The van der Waals surface area contributed by atoms with Gasteiger partial charge < -0.3 is 0 Å². The Morgan fingerprint density at radius 3 is 3.44 bits per heavy atom. The SMILES string of the molecule is [c]1cc2cccnc2s1. The van der Waals surface area contributed by atoms with Gasteiger partial charge in [0.05, 0.1) is 0 Å². The van der Waals surface area contributed by atoms with E-state index >= 15 is 0 Å². The molecule has 2 rings (SSSR count). The molecule has 43 valence electrons. The van der Waals surface area contributed by atoms with Crippen molar-refractivity contribution in [1.29, 1.82) is 0 Å². The van der Waals surface area contributed by atoms with Crippen LogP contribution in [0.3, 0.4) is 0 Å². The molecule has 2 aromatic heterocycles. The molecule has 0 unspecified atom stereocenters. The highest BCUT2D eigenvalue weighted by atomic mass is 32.1. The number of thiophene rings is 1. The minimum atomic E-state index is 1.07. The van der Waals surface area contributed by atoms with Crippen LogP contribution in [0.25, 0.3) is 10.2 Å². The first-order chi connectivity index (χ1) is 4.47. The van der Waals surface area contributed by atoms with Gasteiger partial charge in [0.1, 0.15) is 4.83 Å². The summed E-state index contributed by atoms with van der Waals surface area (Å²) in [7, 11) is 0. The molecule has 2 aromatic rings. The topological polar surface area (TPSA) is 12.9 Å². The van der Waals surface area contributed by atoms with E-state index in [0.717, 1.165) is 4.83 Å². The molecule has 0 N–H and O–H groups in total. The second kappa shape index (κ2) is 1.81. The number of fused-ring (bicyclic) bond motifs is 1. The lowest BCUT2D eigenvalue weighted by molar-refractivity contribution is 1.45. The molecule has 0 fully saturated rings. The summed E-state index contributed by atoms with van der Waals surface area (Å²) in [5.41, 5.74) is 0. The standard InChI is InChI=1S/C7H4NS/c1-2-6-3-5-9-7(6)8-4-1/h1-4H. The van der Waals surface area contributed by atoms with Crippen LogP contribution in [0, 0.1) is 5.38 Å². The van der Waals surface area contributed by atoms with Crippen LogP contribution in [0.4, 0.5) is 0 Å². The maximum Gasteiger partial charge on any atom is 0.123 e. The highest BCUT2D eigenvalue weighted by Gasteiger charge is 1.90. The molecule has 9 heavy (non-hydrogen) atoms. The fraction of sp³-hybridized carbons (Fsp3) is 0. The Hall–Kier alpha value is -0.890. The molecule has 2 heteroatoms. The fourth-order valence-corrected chi connectivity index (χ4v) is 1.40. The van der Waals surface area contributed by atoms with Crippen LogP contribution in [0.15, 0.2) is 24.4 Å². The zero-order chi connectivity index (χ0) is 6.10.